The first-order valence-electron chi connectivity index (χ1n) is 6.56. The Labute approximate surface area is 114 Å². The van der Waals surface area contributed by atoms with Gasteiger partial charge in [-0.3, -0.25) is 4.79 Å². The standard InChI is InChI=1S/C15H21NO3/c1-5-11(3)12-7-9-13(10-8-12)16(4)14(17)15(18)19-6-2/h7-11H,5-6H2,1-4H3. The number of carbonyl (C=O) groups excluding carboxylic acids is 2. The Morgan fingerprint density at radius 2 is 1.79 bits per heavy atom. The molecule has 104 valence electrons. The third-order valence-corrected chi connectivity index (χ3v) is 3.22. The van der Waals surface area contributed by atoms with Gasteiger partial charge in [-0.25, -0.2) is 4.79 Å². The molecule has 0 aliphatic carbocycles. The van der Waals surface area contributed by atoms with Gasteiger partial charge in [-0.05, 0) is 37.0 Å². The van der Waals surface area contributed by atoms with Crippen LogP contribution in [0.1, 0.15) is 38.7 Å². The van der Waals surface area contributed by atoms with Crippen LogP contribution >= 0.6 is 0 Å². The fourth-order valence-electron chi connectivity index (χ4n) is 1.71. The number of likely N-dealkylation sites (N-methyl/N-ethyl adjacent to an activating group) is 1. The van der Waals surface area contributed by atoms with E-state index in [0.717, 1.165) is 6.42 Å². The number of anilines is 1. The van der Waals surface area contributed by atoms with Crippen molar-refractivity contribution in [1.82, 2.24) is 0 Å². The van der Waals surface area contributed by atoms with Crippen molar-refractivity contribution in [1.29, 1.82) is 0 Å². The summed E-state index contributed by atoms with van der Waals surface area (Å²) in [5.41, 5.74) is 1.91. The summed E-state index contributed by atoms with van der Waals surface area (Å²) >= 11 is 0. The van der Waals surface area contributed by atoms with Crippen molar-refractivity contribution in [3.8, 4) is 0 Å². The molecule has 0 spiro atoms. The van der Waals surface area contributed by atoms with Crippen molar-refractivity contribution < 1.29 is 14.3 Å². The van der Waals surface area contributed by atoms with Gasteiger partial charge in [0.05, 0.1) is 6.61 Å². The largest absolute Gasteiger partial charge is 0.459 e. The van der Waals surface area contributed by atoms with Crippen molar-refractivity contribution >= 4 is 17.6 Å². The predicted molar refractivity (Wildman–Crippen MR) is 75.2 cm³/mol. The van der Waals surface area contributed by atoms with E-state index in [-0.39, 0.29) is 6.61 Å². The number of amides is 1. The van der Waals surface area contributed by atoms with Gasteiger partial charge in [0.2, 0.25) is 0 Å². The second-order valence-electron chi connectivity index (χ2n) is 4.49. The van der Waals surface area contributed by atoms with E-state index in [4.69, 9.17) is 4.74 Å². The number of esters is 1. The molecule has 0 heterocycles. The van der Waals surface area contributed by atoms with Gasteiger partial charge >= 0.3 is 11.9 Å². The van der Waals surface area contributed by atoms with Gasteiger partial charge < -0.3 is 9.64 Å². The molecule has 4 nitrogen and oxygen atoms in total. The number of nitrogens with zero attached hydrogens (tertiary/aromatic N) is 1. The topological polar surface area (TPSA) is 46.6 Å². The summed E-state index contributed by atoms with van der Waals surface area (Å²) < 4.78 is 4.70. The Kier molecular flexibility index (Phi) is 5.55. The van der Waals surface area contributed by atoms with Gasteiger partial charge in [-0.15, -0.1) is 0 Å². The van der Waals surface area contributed by atoms with Gasteiger partial charge in [0, 0.05) is 12.7 Å². The zero-order chi connectivity index (χ0) is 14.4. The fourth-order valence-corrected chi connectivity index (χ4v) is 1.71. The number of carbonyl (C=O) groups is 2. The molecule has 1 amide bonds. The average Bonchev–Trinajstić information content (AvgIpc) is 2.45. The van der Waals surface area contributed by atoms with E-state index in [1.165, 1.54) is 10.5 Å². The zero-order valence-electron chi connectivity index (χ0n) is 12.0. The van der Waals surface area contributed by atoms with Crippen LogP contribution in [0.25, 0.3) is 0 Å². The van der Waals surface area contributed by atoms with E-state index in [1.807, 2.05) is 24.3 Å². The summed E-state index contributed by atoms with van der Waals surface area (Å²) in [6.45, 7) is 6.16. The molecule has 0 bridgehead atoms. The minimum Gasteiger partial charge on any atom is -0.459 e. The molecule has 0 aliphatic rings. The maximum Gasteiger partial charge on any atom is 0.397 e. The molecule has 0 saturated heterocycles. The summed E-state index contributed by atoms with van der Waals surface area (Å²) in [5.74, 6) is -0.991. The molecule has 0 N–H and O–H groups in total. The first-order valence-corrected chi connectivity index (χ1v) is 6.56. The van der Waals surface area contributed by atoms with Gasteiger partial charge in [0.25, 0.3) is 0 Å². The Morgan fingerprint density at radius 3 is 2.26 bits per heavy atom. The van der Waals surface area contributed by atoms with Crippen LogP contribution in [-0.2, 0) is 14.3 Å². The van der Waals surface area contributed by atoms with Crippen molar-refractivity contribution in [2.75, 3.05) is 18.6 Å². The van der Waals surface area contributed by atoms with E-state index in [2.05, 4.69) is 13.8 Å². The lowest BCUT2D eigenvalue weighted by Gasteiger charge is -2.17. The number of hydrogen-bond donors (Lipinski definition) is 0. The Hall–Kier alpha value is -1.84. The number of hydrogen-bond acceptors (Lipinski definition) is 3. The van der Waals surface area contributed by atoms with Crippen LogP contribution in [0, 0.1) is 0 Å². The molecule has 1 unspecified atom stereocenters. The molecule has 1 aromatic carbocycles. The fraction of sp³-hybridized carbons (Fsp3) is 0.467. The minimum atomic E-state index is -0.823. The lowest BCUT2D eigenvalue weighted by Crippen LogP contribution is -2.34. The monoisotopic (exact) mass is 263 g/mol. The number of benzene rings is 1. The lowest BCUT2D eigenvalue weighted by atomic mass is 9.98. The number of ether oxygens (including phenoxy) is 1. The Morgan fingerprint density at radius 1 is 1.21 bits per heavy atom. The maximum atomic E-state index is 11.8. The van der Waals surface area contributed by atoms with E-state index in [9.17, 15) is 9.59 Å². The molecule has 1 atom stereocenters. The average molecular weight is 263 g/mol. The Balaban J connectivity index is 2.80. The van der Waals surface area contributed by atoms with Crippen LogP contribution in [-0.4, -0.2) is 25.5 Å². The summed E-state index contributed by atoms with van der Waals surface area (Å²) in [6, 6.07) is 7.66. The van der Waals surface area contributed by atoms with Gasteiger partial charge in [0.1, 0.15) is 0 Å². The molecule has 0 fully saturated rings. The second kappa shape index (κ2) is 6.92. The smallest absolute Gasteiger partial charge is 0.397 e. The van der Waals surface area contributed by atoms with Crippen molar-refractivity contribution in [2.45, 2.75) is 33.1 Å². The quantitative estimate of drug-likeness (QED) is 0.620. The SMILES string of the molecule is CCOC(=O)C(=O)N(C)c1ccc(C(C)CC)cc1. The van der Waals surface area contributed by atoms with Crippen molar-refractivity contribution in [3.05, 3.63) is 29.8 Å². The highest BCUT2D eigenvalue weighted by Gasteiger charge is 2.21. The van der Waals surface area contributed by atoms with Gasteiger partial charge in [0.15, 0.2) is 0 Å². The summed E-state index contributed by atoms with van der Waals surface area (Å²) in [6.07, 6.45) is 1.07. The first-order chi connectivity index (χ1) is 9.01. The van der Waals surface area contributed by atoms with Crippen LogP contribution < -0.4 is 4.90 Å². The minimum absolute atomic E-state index is 0.200. The molecule has 4 heteroatoms. The van der Waals surface area contributed by atoms with E-state index in [0.29, 0.717) is 11.6 Å². The van der Waals surface area contributed by atoms with E-state index in [1.54, 1.807) is 14.0 Å². The van der Waals surface area contributed by atoms with Crippen LogP contribution in [0.2, 0.25) is 0 Å². The molecule has 1 aromatic rings. The van der Waals surface area contributed by atoms with E-state index < -0.39 is 11.9 Å². The molecule has 0 aliphatic heterocycles. The molecular formula is C15H21NO3. The molecular weight excluding hydrogens is 242 g/mol. The van der Waals surface area contributed by atoms with Crippen LogP contribution in [0.4, 0.5) is 5.69 Å². The highest BCUT2D eigenvalue weighted by molar-refractivity contribution is 6.37. The van der Waals surface area contributed by atoms with Crippen molar-refractivity contribution in [3.63, 3.8) is 0 Å². The molecule has 19 heavy (non-hydrogen) atoms. The predicted octanol–water partition coefficient (Wildman–Crippen LogP) is 2.73. The van der Waals surface area contributed by atoms with Crippen LogP contribution in [0.15, 0.2) is 24.3 Å². The summed E-state index contributed by atoms with van der Waals surface area (Å²) in [4.78, 5) is 24.4. The summed E-state index contributed by atoms with van der Waals surface area (Å²) in [5, 5.41) is 0. The Bertz CT molecular complexity index is 439. The highest BCUT2D eigenvalue weighted by Crippen LogP contribution is 2.22. The maximum absolute atomic E-state index is 11.8. The summed E-state index contributed by atoms with van der Waals surface area (Å²) in [7, 11) is 1.57. The van der Waals surface area contributed by atoms with Gasteiger partial charge in [-0.2, -0.15) is 0 Å². The lowest BCUT2D eigenvalue weighted by molar-refractivity contribution is -0.153. The zero-order valence-corrected chi connectivity index (χ0v) is 12.0. The third kappa shape index (κ3) is 3.81. The van der Waals surface area contributed by atoms with E-state index >= 15 is 0 Å². The van der Waals surface area contributed by atoms with Crippen LogP contribution in [0.5, 0.6) is 0 Å². The number of rotatable bonds is 4. The van der Waals surface area contributed by atoms with Crippen LogP contribution in [0.3, 0.4) is 0 Å². The van der Waals surface area contributed by atoms with Gasteiger partial charge in [-0.1, -0.05) is 26.0 Å². The first kappa shape index (κ1) is 15.2. The van der Waals surface area contributed by atoms with Crippen molar-refractivity contribution in [2.24, 2.45) is 0 Å². The highest BCUT2D eigenvalue weighted by atomic mass is 16.5. The second-order valence-corrected chi connectivity index (χ2v) is 4.49. The molecule has 0 saturated carbocycles. The normalized spacial score (nSPS) is 11.8. The molecule has 0 radical (unpaired) electrons. The molecule has 1 rings (SSSR count). The third-order valence-electron chi connectivity index (χ3n) is 3.22. The molecule has 0 aromatic heterocycles.